The molecule has 2 rings (SSSR count). The van der Waals surface area contributed by atoms with Gasteiger partial charge in [-0.1, -0.05) is 43.9 Å². The Balaban J connectivity index is 0.000000294. The molecule has 0 bridgehead atoms. The summed E-state index contributed by atoms with van der Waals surface area (Å²) in [6.07, 6.45) is 7.60. The number of phenols is 1. The molecule has 0 unspecified atom stereocenters. The second-order valence-electron chi connectivity index (χ2n) is 5.31. The molecule has 0 saturated carbocycles. The lowest BCUT2D eigenvalue weighted by Gasteiger charge is -2.06. The SMILES string of the molecule is C=C/C(=C\C=C/C)C(N)=O.CCc1cccc(Oc2ccc(O)cc2)c1. The van der Waals surface area contributed by atoms with Crippen molar-refractivity contribution in [2.45, 2.75) is 20.3 Å². The average molecular weight is 351 g/mol. The smallest absolute Gasteiger partial charge is 0.248 e. The third-order valence-electron chi connectivity index (χ3n) is 3.35. The van der Waals surface area contributed by atoms with Gasteiger partial charge in [0.2, 0.25) is 5.91 Å². The van der Waals surface area contributed by atoms with E-state index in [1.54, 1.807) is 36.4 Å². The fraction of sp³-hybridized carbons (Fsp3) is 0.136. The maximum Gasteiger partial charge on any atom is 0.248 e. The van der Waals surface area contributed by atoms with E-state index in [1.807, 2.05) is 31.2 Å². The average Bonchev–Trinajstić information content (AvgIpc) is 2.65. The summed E-state index contributed by atoms with van der Waals surface area (Å²) in [5, 5.41) is 9.15. The van der Waals surface area contributed by atoms with Crippen molar-refractivity contribution in [3.05, 3.63) is 90.6 Å². The number of hydrogen-bond acceptors (Lipinski definition) is 3. The molecule has 1 amide bonds. The van der Waals surface area contributed by atoms with Crippen LogP contribution >= 0.6 is 0 Å². The Kier molecular flexibility index (Phi) is 9.04. The molecule has 0 heterocycles. The van der Waals surface area contributed by atoms with E-state index < -0.39 is 5.91 Å². The van der Waals surface area contributed by atoms with Crippen LogP contribution in [-0.4, -0.2) is 11.0 Å². The number of aryl methyl sites for hydroxylation is 1. The lowest BCUT2D eigenvalue weighted by atomic mass is 10.2. The third-order valence-corrected chi connectivity index (χ3v) is 3.35. The molecular formula is C22H25NO3. The Bertz CT molecular complexity index is 774. The Labute approximate surface area is 154 Å². The summed E-state index contributed by atoms with van der Waals surface area (Å²) >= 11 is 0. The lowest BCUT2D eigenvalue weighted by molar-refractivity contribution is -0.114. The summed E-state index contributed by atoms with van der Waals surface area (Å²) in [4.78, 5) is 10.5. The molecule has 3 N–H and O–H groups in total. The largest absolute Gasteiger partial charge is 0.508 e. The van der Waals surface area contributed by atoms with Crippen molar-refractivity contribution in [2.24, 2.45) is 5.73 Å². The van der Waals surface area contributed by atoms with Gasteiger partial charge in [0.1, 0.15) is 17.2 Å². The van der Waals surface area contributed by atoms with Gasteiger partial charge in [-0.05, 0) is 61.4 Å². The molecule has 0 fully saturated rings. The first-order valence-electron chi connectivity index (χ1n) is 8.31. The van der Waals surface area contributed by atoms with E-state index in [0.29, 0.717) is 5.57 Å². The van der Waals surface area contributed by atoms with Crippen molar-refractivity contribution < 1.29 is 14.6 Å². The van der Waals surface area contributed by atoms with E-state index in [0.717, 1.165) is 17.9 Å². The molecule has 136 valence electrons. The Morgan fingerprint density at radius 3 is 2.42 bits per heavy atom. The minimum absolute atomic E-state index is 0.245. The van der Waals surface area contributed by atoms with Crippen molar-refractivity contribution in [3.63, 3.8) is 0 Å². The van der Waals surface area contributed by atoms with Gasteiger partial charge in [0.15, 0.2) is 0 Å². The summed E-state index contributed by atoms with van der Waals surface area (Å²) in [6, 6.07) is 14.7. The van der Waals surface area contributed by atoms with Gasteiger partial charge in [0.05, 0.1) is 0 Å². The predicted molar refractivity (Wildman–Crippen MR) is 106 cm³/mol. The minimum Gasteiger partial charge on any atom is -0.508 e. The Morgan fingerprint density at radius 2 is 1.88 bits per heavy atom. The highest BCUT2D eigenvalue weighted by Crippen LogP contribution is 2.24. The van der Waals surface area contributed by atoms with Crippen LogP contribution in [-0.2, 0) is 11.2 Å². The van der Waals surface area contributed by atoms with Crippen molar-refractivity contribution >= 4 is 5.91 Å². The molecule has 0 aromatic heterocycles. The number of primary amides is 1. The minimum atomic E-state index is -0.451. The van der Waals surface area contributed by atoms with Gasteiger partial charge >= 0.3 is 0 Å². The zero-order valence-electron chi connectivity index (χ0n) is 15.2. The monoisotopic (exact) mass is 351 g/mol. The van der Waals surface area contributed by atoms with Crippen LogP contribution in [0.1, 0.15) is 19.4 Å². The van der Waals surface area contributed by atoms with Gasteiger partial charge in [-0.2, -0.15) is 0 Å². The second-order valence-corrected chi connectivity index (χ2v) is 5.31. The van der Waals surface area contributed by atoms with Gasteiger partial charge in [-0.3, -0.25) is 4.79 Å². The van der Waals surface area contributed by atoms with Crippen LogP contribution < -0.4 is 10.5 Å². The summed E-state index contributed by atoms with van der Waals surface area (Å²) in [5.41, 5.74) is 6.65. The number of nitrogens with two attached hydrogens (primary N) is 1. The Hall–Kier alpha value is -3.27. The number of ether oxygens (including phenoxy) is 1. The van der Waals surface area contributed by atoms with E-state index in [2.05, 4.69) is 19.6 Å². The fourth-order valence-electron chi connectivity index (χ4n) is 1.93. The molecule has 0 aliphatic rings. The molecule has 4 nitrogen and oxygen atoms in total. The van der Waals surface area contributed by atoms with Gasteiger partial charge in [0.25, 0.3) is 0 Å². The molecule has 2 aromatic carbocycles. The van der Waals surface area contributed by atoms with Gasteiger partial charge < -0.3 is 15.6 Å². The fourth-order valence-corrected chi connectivity index (χ4v) is 1.93. The van der Waals surface area contributed by atoms with Crippen molar-refractivity contribution in [3.8, 4) is 17.2 Å². The van der Waals surface area contributed by atoms with E-state index in [4.69, 9.17) is 15.6 Å². The van der Waals surface area contributed by atoms with Gasteiger partial charge in [-0.15, -0.1) is 0 Å². The number of amides is 1. The maximum atomic E-state index is 10.5. The number of allylic oxidation sites excluding steroid dienone is 3. The molecule has 4 heteroatoms. The molecule has 0 spiro atoms. The number of phenolic OH excluding ortho intramolecular Hbond substituents is 1. The van der Waals surface area contributed by atoms with Crippen molar-refractivity contribution in [1.29, 1.82) is 0 Å². The number of rotatable bonds is 6. The van der Waals surface area contributed by atoms with Crippen LogP contribution in [0, 0.1) is 0 Å². The molecule has 0 radical (unpaired) electrons. The molecular weight excluding hydrogens is 326 g/mol. The highest BCUT2D eigenvalue weighted by Gasteiger charge is 1.98. The van der Waals surface area contributed by atoms with Crippen LogP contribution in [0.2, 0.25) is 0 Å². The normalized spacial score (nSPS) is 10.8. The van der Waals surface area contributed by atoms with Gasteiger partial charge in [-0.25, -0.2) is 0 Å². The number of carbonyl (C=O) groups excluding carboxylic acids is 1. The van der Waals surface area contributed by atoms with Crippen LogP contribution in [0.25, 0.3) is 0 Å². The van der Waals surface area contributed by atoms with E-state index >= 15 is 0 Å². The van der Waals surface area contributed by atoms with Crippen LogP contribution in [0.4, 0.5) is 0 Å². The summed E-state index contributed by atoms with van der Waals surface area (Å²) in [6.45, 7) is 7.40. The first kappa shape index (κ1) is 20.8. The second kappa shape index (κ2) is 11.3. The number of benzene rings is 2. The zero-order chi connectivity index (χ0) is 19.4. The summed E-state index contributed by atoms with van der Waals surface area (Å²) in [7, 11) is 0. The van der Waals surface area contributed by atoms with E-state index in [9.17, 15) is 4.79 Å². The number of hydrogen-bond donors (Lipinski definition) is 2. The van der Waals surface area contributed by atoms with Crippen LogP contribution in [0.5, 0.6) is 17.2 Å². The first-order chi connectivity index (χ1) is 12.5. The number of carbonyl (C=O) groups is 1. The molecule has 0 atom stereocenters. The quantitative estimate of drug-likeness (QED) is 0.574. The van der Waals surface area contributed by atoms with Crippen molar-refractivity contribution in [2.75, 3.05) is 0 Å². The predicted octanol–water partition coefficient (Wildman–Crippen LogP) is 4.91. The summed E-state index contributed by atoms with van der Waals surface area (Å²) in [5.74, 6) is 1.35. The van der Waals surface area contributed by atoms with Crippen LogP contribution in [0.3, 0.4) is 0 Å². The van der Waals surface area contributed by atoms with E-state index in [-0.39, 0.29) is 5.75 Å². The highest BCUT2D eigenvalue weighted by atomic mass is 16.5. The standard InChI is InChI=1S/C14H14O2.C8H11NO/c1-2-11-4-3-5-14(10-11)16-13-8-6-12(15)7-9-13;1-3-5-6-7(4-2)8(9)10/h3-10,15H,2H2,1H3;3-6H,2H2,1H3,(H2,9,10)/b;5-3-,7-6+. The molecule has 2 aromatic rings. The maximum absolute atomic E-state index is 10.5. The van der Waals surface area contributed by atoms with Crippen LogP contribution in [0.15, 0.2) is 85.0 Å². The summed E-state index contributed by atoms with van der Waals surface area (Å²) < 4.78 is 5.66. The first-order valence-corrected chi connectivity index (χ1v) is 8.31. The number of aromatic hydroxyl groups is 1. The lowest BCUT2D eigenvalue weighted by Crippen LogP contribution is -2.11. The topological polar surface area (TPSA) is 72.6 Å². The molecule has 0 aliphatic heterocycles. The molecule has 26 heavy (non-hydrogen) atoms. The highest BCUT2D eigenvalue weighted by molar-refractivity contribution is 5.94. The van der Waals surface area contributed by atoms with E-state index in [1.165, 1.54) is 11.6 Å². The molecule has 0 aliphatic carbocycles. The third kappa shape index (κ3) is 7.53. The molecule has 0 saturated heterocycles. The zero-order valence-corrected chi connectivity index (χ0v) is 15.2. The van der Waals surface area contributed by atoms with Crippen molar-refractivity contribution in [1.82, 2.24) is 0 Å². The van der Waals surface area contributed by atoms with Gasteiger partial charge in [0, 0.05) is 5.57 Å². The Morgan fingerprint density at radius 1 is 1.19 bits per heavy atom.